The molecule has 1 N–H and O–H groups in total. The van der Waals surface area contributed by atoms with Gasteiger partial charge in [0.25, 0.3) is 10.0 Å². The van der Waals surface area contributed by atoms with Gasteiger partial charge in [-0.2, -0.15) is 0 Å². The summed E-state index contributed by atoms with van der Waals surface area (Å²) >= 11 is 5.85. The third-order valence-corrected chi connectivity index (χ3v) is 5.54. The van der Waals surface area contributed by atoms with Crippen molar-refractivity contribution in [2.45, 2.75) is 17.7 Å². The highest BCUT2D eigenvalue weighted by atomic mass is 35.5. The monoisotopic (exact) mass is 368 g/mol. The maximum Gasteiger partial charge on any atom is 0.263 e. The highest BCUT2D eigenvalue weighted by Crippen LogP contribution is 2.32. The number of halogens is 2. The lowest BCUT2D eigenvalue weighted by Gasteiger charge is -2.20. The molecule has 126 valence electrons. The molecule has 0 aromatic heterocycles. The summed E-state index contributed by atoms with van der Waals surface area (Å²) in [6, 6.07) is 9.69. The number of hydrogen-bond acceptors (Lipinski definition) is 3. The summed E-state index contributed by atoms with van der Waals surface area (Å²) in [5, 5.41) is -0.211. The van der Waals surface area contributed by atoms with E-state index < -0.39 is 15.8 Å². The summed E-state index contributed by atoms with van der Waals surface area (Å²) in [5.41, 5.74) is 0.759. The second-order valence-electron chi connectivity index (χ2n) is 5.35. The highest BCUT2D eigenvalue weighted by molar-refractivity contribution is 7.92. The Morgan fingerprint density at radius 1 is 1.17 bits per heavy atom. The largest absolute Gasteiger partial charge is 0.310 e. The third-order valence-electron chi connectivity index (χ3n) is 3.70. The van der Waals surface area contributed by atoms with E-state index in [1.54, 1.807) is 29.2 Å². The van der Waals surface area contributed by atoms with Crippen LogP contribution in [0.2, 0.25) is 5.02 Å². The van der Waals surface area contributed by atoms with Gasteiger partial charge in [0.1, 0.15) is 10.7 Å². The second kappa shape index (κ2) is 6.41. The topological polar surface area (TPSA) is 66.5 Å². The Morgan fingerprint density at radius 2 is 1.92 bits per heavy atom. The second-order valence-corrected chi connectivity index (χ2v) is 7.40. The number of carbonyl (C=O) groups excluding carboxylic acids is 1. The Balaban J connectivity index is 1.97. The van der Waals surface area contributed by atoms with Crippen LogP contribution in [0, 0.1) is 5.82 Å². The lowest BCUT2D eigenvalue weighted by atomic mass is 10.2. The Labute approximate surface area is 144 Å². The molecule has 0 atom stereocenters. The number of rotatable bonds is 4. The number of carbonyl (C=O) groups is 1. The van der Waals surface area contributed by atoms with Gasteiger partial charge in [0.15, 0.2) is 0 Å². The molecule has 0 saturated carbocycles. The Hall–Kier alpha value is -2.12. The van der Waals surface area contributed by atoms with Crippen molar-refractivity contribution >= 4 is 38.9 Å². The lowest BCUT2D eigenvalue weighted by Crippen LogP contribution is -2.25. The first-order chi connectivity index (χ1) is 11.4. The van der Waals surface area contributed by atoms with Gasteiger partial charge in [-0.3, -0.25) is 9.52 Å². The molecule has 1 aliphatic heterocycles. The molecule has 1 fully saturated rings. The number of nitrogens with zero attached hydrogens (tertiary/aromatic N) is 1. The summed E-state index contributed by atoms with van der Waals surface area (Å²) in [6.45, 7) is 0.537. The van der Waals surface area contributed by atoms with Crippen molar-refractivity contribution in [3.63, 3.8) is 0 Å². The molecule has 1 heterocycles. The van der Waals surface area contributed by atoms with Crippen molar-refractivity contribution < 1.29 is 17.6 Å². The van der Waals surface area contributed by atoms with E-state index in [-0.39, 0.29) is 21.5 Å². The predicted molar refractivity (Wildman–Crippen MR) is 90.2 cm³/mol. The molecule has 3 rings (SSSR count). The van der Waals surface area contributed by atoms with E-state index in [4.69, 9.17) is 11.6 Å². The van der Waals surface area contributed by atoms with E-state index in [2.05, 4.69) is 4.72 Å². The predicted octanol–water partition coefficient (Wildman–Crippen LogP) is 3.41. The van der Waals surface area contributed by atoms with E-state index in [1.165, 1.54) is 0 Å². The van der Waals surface area contributed by atoms with E-state index in [0.717, 1.165) is 24.6 Å². The molecule has 2 aromatic carbocycles. The Bertz CT molecular complexity index is 902. The smallest absolute Gasteiger partial charge is 0.263 e. The first-order valence-corrected chi connectivity index (χ1v) is 9.12. The number of benzene rings is 2. The van der Waals surface area contributed by atoms with Gasteiger partial charge in [-0.05, 0) is 36.8 Å². The Morgan fingerprint density at radius 3 is 2.58 bits per heavy atom. The third kappa shape index (κ3) is 3.22. The molecule has 0 unspecified atom stereocenters. The molecular formula is C16H14ClFN2O3S. The van der Waals surface area contributed by atoms with Gasteiger partial charge in [-0.25, -0.2) is 12.8 Å². The molecule has 0 spiro atoms. The molecule has 2 aromatic rings. The average Bonchev–Trinajstić information content (AvgIpc) is 2.93. The minimum atomic E-state index is -4.02. The number of amides is 1. The van der Waals surface area contributed by atoms with Crippen LogP contribution in [-0.4, -0.2) is 20.9 Å². The van der Waals surface area contributed by atoms with Crippen molar-refractivity contribution in [2.24, 2.45) is 0 Å². The minimum absolute atomic E-state index is 0.0542. The molecule has 1 saturated heterocycles. The summed E-state index contributed by atoms with van der Waals surface area (Å²) < 4.78 is 40.7. The summed E-state index contributed by atoms with van der Waals surface area (Å²) in [4.78, 5) is 13.3. The highest BCUT2D eigenvalue weighted by Gasteiger charge is 2.26. The van der Waals surface area contributed by atoms with Crippen LogP contribution in [0.1, 0.15) is 12.8 Å². The van der Waals surface area contributed by atoms with Gasteiger partial charge in [-0.1, -0.05) is 23.7 Å². The molecule has 0 aliphatic carbocycles. The standard InChI is InChI=1S/C16H14ClFN2O3S/c17-12-10-11(18)7-8-15(12)24(22,23)19-13-4-1-2-5-14(13)20-9-3-6-16(20)21/h1-2,4-5,7-8,10,19H,3,6,9H2. The molecule has 24 heavy (non-hydrogen) atoms. The van der Waals surface area contributed by atoms with Crippen LogP contribution in [0.15, 0.2) is 47.4 Å². The van der Waals surface area contributed by atoms with E-state index in [0.29, 0.717) is 18.7 Å². The summed E-state index contributed by atoms with van der Waals surface area (Å²) in [7, 11) is -4.02. The SMILES string of the molecule is O=C1CCCN1c1ccccc1NS(=O)(=O)c1ccc(F)cc1Cl. The van der Waals surface area contributed by atoms with Crippen LogP contribution in [-0.2, 0) is 14.8 Å². The van der Waals surface area contributed by atoms with Gasteiger partial charge in [-0.15, -0.1) is 0 Å². The minimum Gasteiger partial charge on any atom is -0.310 e. The van der Waals surface area contributed by atoms with Crippen LogP contribution >= 0.6 is 11.6 Å². The quantitative estimate of drug-likeness (QED) is 0.899. The maximum absolute atomic E-state index is 13.1. The fraction of sp³-hybridized carbons (Fsp3) is 0.188. The first kappa shape index (κ1) is 16.7. The van der Waals surface area contributed by atoms with Crippen molar-refractivity contribution in [1.82, 2.24) is 0 Å². The van der Waals surface area contributed by atoms with Crippen LogP contribution in [0.5, 0.6) is 0 Å². The van der Waals surface area contributed by atoms with Crippen LogP contribution in [0.4, 0.5) is 15.8 Å². The van der Waals surface area contributed by atoms with Crippen molar-refractivity contribution in [3.05, 3.63) is 53.3 Å². The first-order valence-electron chi connectivity index (χ1n) is 7.26. The normalized spacial score (nSPS) is 14.9. The van der Waals surface area contributed by atoms with Crippen molar-refractivity contribution in [2.75, 3.05) is 16.2 Å². The number of nitrogens with one attached hydrogen (secondary N) is 1. The molecule has 5 nitrogen and oxygen atoms in total. The molecule has 0 bridgehead atoms. The number of para-hydroxylation sites is 2. The molecule has 1 amide bonds. The van der Waals surface area contributed by atoms with E-state index >= 15 is 0 Å². The molecule has 0 radical (unpaired) electrons. The van der Waals surface area contributed by atoms with Gasteiger partial charge in [0, 0.05) is 13.0 Å². The molecular weight excluding hydrogens is 355 g/mol. The zero-order valence-electron chi connectivity index (χ0n) is 12.5. The van der Waals surface area contributed by atoms with Crippen LogP contribution in [0.3, 0.4) is 0 Å². The lowest BCUT2D eigenvalue weighted by molar-refractivity contribution is -0.117. The van der Waals surface area contributed by atoms with E-state index in [1.807, 2.05) is 0 Å². The number of hydrogen-bond donors (Lipinski definition) is 1. The zero-order chi connectivity index (χ0) is 17.3. The maximum atomic E-state index is 13.1. The Kier molecular flexibility index (Phi) is 4.47. The van der Waals surface area contributed by atoms with Gasteiger partial charge in [0.2, 0.25) is 5.91 Å². The summed E-state index contributed by atoms with van der Waals surface area (Å²) in [5.74, 6) is -0.677. The molecule has 1 aliphatic rings. The molecule has 8 heteroatoms. The van der Waals surface area contributed by atoms with Crippen molar-refractivity contribution in [1.29, 1.82) is 0 Å². The number of sulfonamides is 1. The van der Waals surface area contributed by atoms with Gasteiger partial charge >= 0.3 is 0 Å². The van der Waals surface area contributed by atoms with Gasteiger partial charge in [0.05, 0.1) is 16.4 Å². The van der Waals surface area contributed by atoms with Crippen LogP contribution < -0.4 is 9.62 Å². The zero-order valence-corrected chi connectivity index (χ0v) is 14.1. The van der Waals surface area contributed by atoms with E-state index in [9.17, 15) is 17.6 Å². The number of anilines is 2. The van der Waals surface area contributed by atoms with Crippen LogP contribution in [0.25, 0.3) is 0 Å². The fourth-order valence-corrected chi connectivity index (χ4v) is 4.20. The fourth-order valence-electron chi connectivity index (χ4n) is 2.59. The average molecular weight is 369 g/mol. The summed E-state index contributed by atoms with van der Waals surface area (Å²) in [6.07, 6.45) is 1.16. The van der Waals surface area contributed by atoms with Crippen molar-refractivity contribution in [3.8, 4) is 0 Å². The van der Waals surface area contributed by atoms with Gasteiger partial charge < -0.3 is 4.90 Å².